The molecule has 2 atom stereocenters. The molecule has 0 aromatic carbocycles. The molecule has 3 N–H and O–H groups in total. The highest BCUT2D eigenvalue weighted by molar-refractivity contribution is 5.79. The minimum Gasteiger partial charge on any atom is -0.349 e. The van der Waals surface area contributed by atoms with Crippen molar-refractivity contribution >= 4 is 5.91 Å². The summed E-state index contributed by atoms with van der Waals surface area (Å²) in [7, 11) is 0. The second-order valence-electron chi connectivity index (χ2n) is 5.07. The summed E-state index contributed by atoms with van der Waals surface area (Å²) in [5.41, 5.74) is 6.72. The summed E-state index contributed by atoms with van der Waals surface area (Å²) in [6.45, 7) is 6.56. The number of carbonyl (C=O) groups excluding carboxylic acids is 1. The second kappa shape index (κ2) is 7.11. The molecule has 1 rings (SSSR count). The molecule has 0 aliphatic carbocycles. The van der Waals surface area contributed by atoms with Gasteiger partial charge in [0.2, 0.25) is 5.91 Å². The van der Waals surface area contributed by atoms with E-state index in [1.807, 2.05) is 19.1 Å². The second-order valence-corrected chi connectivity index (χ2v) is 5.07. The van der Waals surface area contributed by atoms with Gasteiger partial charge in [0.25, 0.3) is 0 Å². The Balaban J connectivity index is 2.58. The molecule has 1 unspecified atom stereocenters. The molecular weight excluding hydrogens is 226 g/mol. The molecule has 100 valence electrons. The summed E-state index contributed by atoms with van der Waals surface area (Å²) in [5, 5.41) is 3.01. The van der Waals surface area contributed by atoms with Crippen molar-refractivity contribution in [1.82, 2.24) is 10.3 Å². The van der Waals surface area contributed by atoms with Crippen LogP contribution in [0.1, 0.15) is 38.8 Å². The van der Waals surface area contributed by atoms with Crippen LogP contribution in [-0.2, 0) is 4.79 Å². The minimum absolute atomic E-state index is 0.0123. The zero-order chi connectivity index (χ0) is 13.5. The number of hydrogen-bond acceptors (Lipinski definition) is 3. The number of hydrogen-bond donors (Lipinski definition) is 2. The third kappa shape index (κ3) is 4.45. The predicted molar refractivity (Wildman–Crippen MR) is 72.8 cm³/mol. The molecule has 0 aliphatic heterocycles. The molecule has 4 heteroatoms. The van der Waals surface area contributed by atoms with Crippen LogP contribution < -0.4 is 11.1 Å². The van der Waals surface area contributed by atoms with Gasteiger partial charge in [-0.2, -0.15) is 0 Å². The van der Waals surface area contributed by atoms with Crippen molar-refractivity contribution in [3.8, 4) is 0 Å². The number of amides is 1. The highest BCUT2D eigenvalue weighted by atomic mass is 16.1. The van der Waals surface area contributed by atoms with Gasteiger partial charge < -0.3 is 11.1 Å². The summed E-state index contributed by atoms with van der Waals surface area (Å²) in [4.78, 5) is 16.1. The molecule has 4 nitrogen and oxygen atoms in total. The first kappa shape index (κ1) is 14.6. The number of rotatable bonds is 6. The molecule has 0 saturated carbocycles. The Bertz CT molecular complexity index is 365. The zero-order valence-corrected chi connectivity index (χ0v) is 11.4. The molecule has 18 heavy (non-hydrogen) atoms. The molecule has 1 aromatic rings. The van der Waals surface area contributed by atoms with Crippen LogP contribution in [0.15, 0.2) is 24.5 Å². The molecule has 1 heterocycles. The van der Waals surface area contributed by atoms with Crippen molar-refractivity contribution in [3.63, 3.8) is 0 Å². The monoisotopic (exact) mass is 249 g/mol. The number of aromatic nitrogens is 1. The molecule has 0 fully saturated rings. The average molecular weight is 249 g/mol. The van der Waals surface area contributed by atoms with Gasteiger partial charge in [0.05, 0.1) is 12.0 Å². The molecule has 0 saturated heterocycles. The molecule has 1 aromatic heterocycles. The zero-order valence-electron chi connectivity index (χ0n) is 11.4. The predicted octanol–water partition coefficient (Wildman–Crippen LogP) is 1.88. The first-order chi connectivity index (χ1) is 8.54. The normalized spacial score (nSPS) is 14.3. The highest BCUT2D eigenvalue weighted by Crippen LogP contribution is 2.14. The number of nitrogens with zero attached hydrogens (tertiary/aromatic N) is 1. The lowest BCUT2D eigenvalue weighted by atomic mass is 9.96. The van der Waals surface area contributed by atoms with E-state index >= 15 is 0 Å². The topological polar surface area (TPSA) is 68.0 Å². The van der Waals surface area contributed by atoms with Gasteiger partial charge in [0.1, 0.15) is 0 Å². The number of pyridine rings is 1. The smallest absolute Gasteiger partial charge is 0.224 e. The fourth-order valence-corrected chi connectivity index (χ4v) is 1.95. The Labute approximate surface area is 109 Å². The first-order valence-electron chi connectivity index (χ1n) is 6.45. The first-order valence-corrected chi connectivity index (χ1v) is 6.45. The lowest BCUT2D eigenvalue weighted by Crippen LogP contribution is -2.37. The Morgan fingerprint density at radius 3 is 2.44 bits per heavy atom. The summed E-state index contributed by atoms with van der Waals surface area (Å²) >= 11 is 0. The van der Waals surface area contributed by atoms with Gasteiger partial charge in [0.15, 0.2) is 0 Å². The number of carbonyl (C=O) groups is 1. The minimum atomic E-state index is -0.103. The molecule has 0 bridgehead atoms. The number of nitrogens with two attached hydrogens (primary N) is 1. The van der Waals surface area contributed by atoms with E-state index < -0.39 is 0 Å². The van der Waals surface area contributed by atoms with Gasteiger partial charge in [-0.15, -0.1) is 0 Å². The lowest BCUT2D eigenvalue weighted by molar-refractivity contribution is -0.125. The van der Waals surface area contributed by atoms with E-state index in [1.54, 1.807) is 12.4 Å². The maximum absolute atomic E-state index is 12.1. The van der Waals surface area contributed by atoms with E-state index in [0.29, 0.717) is 12.5 Å². The molecule has 0 aliphatic rings. The summed E-state index contributed by atoms with van der Waals surface area (Å²) < 4.78 is 0. The van der Waals surface area contributed by atoms with E-state index in [9.17, 15) is 4.79 Å². The van der Waals surface area contributed by atoms with Crippen LogP contribution in [0.4, 0.5) is 0 Å². The van der Waals surface area contributed by atoms with Crippen LogP contribution in [0.3, 0.4) is 0 Å². The van der Waals surface area contributed by atoms with Gasteiger partial charge in [-0.3, -0.25) is 9.78 Å². The Morgan fingerprint density at radius 1 is 1.33 bits per heavy atom. The van der Waals surface area contributed by atoms with Crippen molar-refractivity contribution in [2.45, 2.75) is 33.2 Å². The largest absolute Gasteiger partial charge is 0.349 e. The van der Waals surface area contributed by atoms with Gasteiger partial charge in [-0.1, -0.05) is 13.8 Å². The fraction of sp³-hybridized carbons (Fsp3) is 0.571. The maximum atomic E-state index is 12.1. The van der Waals surface area contributed by atoms with E-state index in [-0.39, 0.29) is 17.9 Å². The van der Waals surface area contributed by atoms with Crippen molar-refractivity contribution in [2.75, 3.05) is 6.54 Å². The van der Waals surface area contributed by atoms with E-state index in [4.69, 9.17) is 5.73 Å². The molecule has 1 amide bonds. The third-order valence-electron chi connectivity index (χ3n) is 2.98. The maximum Gasteiger partial charge on any atom is 0.224 e. The molecular formula is C14H23N3O. The van der Waals surface area contributed by atoms with Crippen molar-refractivity contribution in [3.05, 3.63) is 30.1 Å². The quantitative estimate of drug-likeness (QED) is 0.809. The van der Waals surface area contributed by atoms with Crippen LogP contribution in [0, 0.1) is 11.8 Å². The Kier molecular flexibility index (Phi) is 5.78. The Morgan fingerprint density at radius 2 is 1.94 bits per heavy atom. The standard InChI is InChI=1S/C14H23N3O/c1-10(2)8-13(9-15)14(18)17-11(3)12-4-6-16-7-5-12/h4-7,10-11,13H,8-9,15H2,1-3H3,(H,17,18)/t11-,13?/m0/s1. The Hall–Kier alpha value is -1.42. The van der Waals surface area contributed by atoms with Crippen LogP contribution >= 0.6 is 0 Å². The van der Waals surface area contributed by atoms with Gasteiger partial charge in [-0.25, -0.2) is 0 Å². The fourth-order valence-electron chi connectivity index (χ4n) is 1.95. The van der Waals surface area contributed by atoms with Gasteiger partial charge in [-0.05, 0) is 37.0 Å². The van der Waals surface area contributed by atoms with Crippen molar-refractivity contribution < 1.29 is 4.79 Å². The molecule has 0 spiro atoms. The van der Waals surface area contributed by atoms with Crippen LogP contribution in [0.5, 0.6) is 0 Å². The van der Waals surface area contributed by atoms with E-state index in [0.717, 1.165) is 12.0 Å². The average Bonchev–Trinajstić information content (AvgIpc) is 2.36. The summed E-state index contributed by atoms with van der Waals surface area (Å²) in [6, 6.07) is 3.80. The summed E-state index contributed by atoms with van der Waals surface area (Å²) in [6.07, 6.45) is 4.28. The lowest BCUT2D eigenvalue weighted by Gasteiger charge is -2.20. The van der Waals surface area contributed by atoms with Crippen LogP contribution in [0.2, 0.25) is 0 Å². The van der Waals surface area contributed by atoms with E-state index in [2.05, 4.69) is 24.1 Å². The van der Waals surface area contributed by atoms with Crippen molar-refractivity contribution in [2.24, 2.45) is 17.6 Å². The van der Waals surface area contributed by atoms with Crippen molar-refractivity contribution in [1.29, 1.82) is 0 Å². The van der Waals surface area contributed by atoms with Gasteiger partial charge >= 0.3 is 0 Å². The molecule has 0 radical (unpaired) electrons. The number of nitrogens with one attached hydrogen (secondary N) is 1. The van der Waals surface area contributed by atoms with Crippen LogP contribution in [-0.4, -0.2) is 17.4 Å². The SMILES string of the molecule is CC(C)CC(CN)C(=O)N[C@@H](C)c1ccncc1. The van der Waals surface area contributed by atoms with Crippen LogP contribution in [0.25, 0.3) is 0 Å². The third-order valence-corrected chi connectivity index (χ3v) is 2.98. The highest BCUT2D eigenvalue weighted by Gasteiger charge is 2.20. The van der Waals surface area contributed by atoms with E-state index in [1.165, 1.54) is 0 Å². The van der Waals surface area contributed by atoms with Gasteiger partial charge in [0, 0.05) is 18.9 Å². The summed E-state index contributed by atoms with van der Waals surface area (Å²) in [5.74, 6) is 0.408.